The number of thiazole rings is 1. The van der Waals surface area contributed by atoms with Crippen molar-refractivity contribution in [3.8, 4) is 10.7 Å². The van der Waals surface area contributed by atoms with E-state index in [1.54, 1.807) is 13.1 Å². The molecule has 0 saturated heterocycles. The fraction of sp³-hybridized carbons (Fsp3) is 0.421. The Morgan fingerprint density at radius 3 is 2.81 bits per heavy atom. The molecule has 0 spiro atoms. The topological polar surface area (TPSA) is 93.8 Å². The molecule has 7 nitrogen and oxygen atoms in total. The summed E-state index contributed by atoms with van der Waals surface area (Å²) >= 11 is 1.50. The zero-order valence-corrected chi connectivity index (χ0v) is 16.0. The normalized spacial score (nSPS) is 16.2. The summed E-state index contributed by atoms with van der Waals surface area (Å²) in [7, 11) is 0. The Kier molecular flexibility index (Phi) is 4.98. The van der Waals surface area contributed by atoms with Gasteiger partial charge in [-0.15, -0.1) is 11.3 Å². The molecule has 1 saturated carbocycles. The Morgan fingerprint density at radius 2 is 2.11 bits per heavy atom. The highest BCUT2D eigenvalue weighted by molar-refractivity contribution is 7.13. The van der Waals surface area contributed by atoms with E-state index in [0.717, 1.165) is 48.5 Å². The lowest BCUT2D eigenvalue weighted by atomic mass is 9.81. The second-order valence-corrected chi connectivity index (χ2v) is 7.72. The van der Waals surface area contributed by atoms with Gasteiger partial charge in [0.05, 0.1) is 17.8 Å². The molecule has 140 valence electrons. The molecule has 1 aliphatic rings. The van der Waals surface area contributed by atoms with Gasteiger partial charge in [0.25, 0.3) is 0 Å². The van der Waals surface area contributed by atoms with E-state index in [1.165, 1.54) is 11.3 Å². The molecule has 1 N–H and O–H groups in total. The lowest BCUT2D eigenvalue weighted by molar-refractivity contribution is -0.123. The van der Waals surface area contributed by atoms with Crippen LogP contribution in [0, 0.1) is 6.92 Å². The van der Waals surface area contributed by atoms with Crippen LogP contribution in [0.3, 0.4) is 0 Å². The van der Waals surface area contributed by atoms with Gasteiger partial charge in [0.2, 0.25) is 11.8 Å². The second-order valence-electron chi connectivity index (χ2n) is 6.86. The molecule has 1 amide bonds. The van der Waals surface area contributed by atoms with Gasteiger partial charge in [-0.1, -0.05) is 30.5 Å². The molecule has 8 heteroatoms. The van der Waals surface area contributed by atoms with Crippen molar-refractivity contribution >= 4 is 17.2 Å². The van der Waals surface area contributed by atoms with Crippen molar-refractivity contribution in [3.05, 3.63) is 47.2 Å². The van der Waals surface area contributed by atoms with E-state index in [-0.39, 0.29) is 12.3 Å². The number of pyridine rings is 1. The number of rotatable bonds is 5. The molecule has 0 radical (unpaired) electrons. The zero-order chi connectivity index (χ0) is 18.7. The molecule has 3 heterocycles. The minimum atomic E-state index is -0.535. The van der Waals surface area contributed by atoms with E-state index in [2.05, 4.69) is 25.4 Å². The van der Waals surface area contributed by atoms with Crippen LogP contribution in [-0.4, -0.2) is 26.0 Å². The third kappa shape index (κ3) is 3.90. The van der Waals surface area contributed by atoms with Gasteiger partial charge in [-0.3, -0.25) is 9.78 Å². The van der Waals surface area contributed by atoms with E-state index in [4.69, 9.17) is 4.52 Å². The first-order valence-electron chi connectivity index (χ1n) is 9.12. The van der Waals surface area contributed by atoms with Gasteiger partial charge in [0.15, 0.2) is 5.82 Å². The molecule has 3 aromatic rings. The van der Waals surface area contributed by atoms with Crippen molar-refractivity contribution in [1.29, 1.82) is 0 Å². The van der Waals surface area contributed by atoms with E-state index in [0.29, 0.717) is 11.7 Å². The van der Waals surface area contributed by atoms with E-state index in [9.17, 15) is 4.79 Å². The highest BCUT2D eigenvalue weighted by atomic mass is 32.1. The summed E-state index contributed by atoms with van der Waals surface area (Å²) in [6.45, 7) is 1.77. The van der Waals surface area contributed by atoms with Crippen LogP contribution in [0.15, 0.2) is 34.3 Å². The maximum Gasteiger partial charge on any atom is 0.226 e. The van der Waals surface area contributed by atoms with E-state index < -0.39 is 5.54 Å². The number of nitrogens with one attached hydrogen (secondary N) is 1. The van der Waals surface area contributed by atoms with Crippen LogP contribution < -0.4 is 5.32 Å². The molecule has 0 aliphatic heterocycles. The van der Waals surface area contributed by atoms with Crippen LogP contribution in [0.1, 0.15) is 49.5 Å². The van der Waals surface area contributed by atoms with Gasteiger partial charge in [-0.25, -0.2) is 4.98 Å². The smallest absolute Gasteiger partial charge is 0.226 e. The summed E-state index contributed by atoms with van der Waals surface area (Å²) in [5.74, 6) is 1.03. The Bertz CT molecular complexity index is 915. The predicted octanol–water partition coefficient (Wildman–Crippen LogP) is 3.41. The largest absolute Gasteiger partial charge is 0.343 e. The maximum absolute atomic E-state index is 12.8. The summed E-state index contributed by atoms with van der Waals surface area (Å²) in [6, 6.07) is 5.71. The van der Waals surface area contributed by atoms with Crippen LogP contribution in [0.5, 0.6) is 0 Å². The van der Waals surface area contributed by atoms with Crippen molar-refractivity contribution in [2.75, 3.05) is 0 Å². The molecule has 3 aromatic heterocycles. The molecule has 1 aliphatic carbocycles. The summed E-state index contributed by atoms with van der Waals surface area (Å²) in [5.41, 5.74) is 1.03. The molecule has 0 atom stereocenters. The van der Waals surface area contributed by atoms with E-state index in [1.807, 2.05) is 23.6 Å². The average Bonchev–Trinajstić information content (AvgIpc) is 3.32. The first kappa shape index (κ1) is 17.8. The SMILES string of the molecule is Cc1nc(C2(NC(=O)Cc3csc(-c4ccccn4)n3)CCCCC2)no1. The summed E-state index contributed by atoms with van der Waals surface area (Å²) < 4.78 is 5.16. The molecule has 0 aromatic carbocycles. The average molecular weight is 383 g/mol. The zero-order valence-electron chi connectivity index (χ0n) is 15.1. The van der Waals surface area contributed by atoms with Crippen molar-refractivity contribution in [1.82, 2.24) is 25.4 Å². The van der Waals surface area contributed by atoms with Crippen LogP contribution in [-0.2, 0) is 16.8 Å². The fourth-order valence-corrected chi connectivity index (χ4v) is 4.32. The lowest BCUT2D eigenvalue weighted by Crippen LogP contribution is -2.48. The third-order valence-electron chi connectivity index (χ3n) is 4.82. The molecule has 27 heavy (non-hydrogen) atoms. The summed E-state index contributed by atoms with van der Waals surface area (Å²) in [4.78, 5) is 26.0. The maximum atomic E-state index is 12.8. The molecule has 0 unspecified atom stereocenters. The van der Waals surface area contributed by atoms with Crippen LogP contribution in [0.25, 0.3) is 10.7 Å². The van der Waals surface area contributed by atoms with Gasteiger partial charge in [-0.05, 0) is 25.0 Å². The van der Waals surface area contributed by atoms with Crippen LogP contribution in [0.4, 0.5) is 0 Å². The molecule has 4 rings (SSSR count). The number of hydrogen-bond acceptors (Lipinski definition) is 7. The molecule has 0 bridgehead atoms. The van der Waals surface area contributed by atoms with E-state index >= 15 is 0 Å². The second kappa shape index (κ2) is 7.56. The van der Waals surface area contributed by atoms with Gasteiger partial charge < -0.3 is 9.84 Å². The van der Waals surface area contributed by atoms with Crippen molar-refractivity contribution in [2.45, 2.75) is 51.0 Å². The predicted molar refractivity (Wildman–Crippen MR) is 101 cm³/mol. The Morgan fingerprint density at radius 1 is 1.26 bits per heavy atom. The Labute approximate surface area is 161 Å². The third-order valence-corrected chi connectivity index (χ3v) is 5.73. The minimum Gasteiger partial charge on any atom is -0.343 e. The van der Waals surface area contributed by atoms with Gasteiger partial charge in [0, 0.05) is 18.5 Å². The Balaban J connectivity index is 1.48. The molecular formula is C19H21N5O2S. The quantitative estimate of drug-likeness (QED) is 0.725. The number of amides is 1. The summed E-state index contributed by atoms with van der Waals surface area (Å²) in [5, 5.41) is 10.0. The highest BCUT2D eigenvalue weighted by Crippen LogP contribution is 2.35. The number of aryl methyl sites for hydroxylation is 1. The minimum absolute atomic E-state index is 0.0720. The first-order valence-corrected chi connectivity index (χ1v) is 10.0. The Hall–Kier alpha value is -2.61. The number of carbonyl (C=O) groups is 1. The molecular weight excluding hydrogens is 362 g/mol. The van der Waals surface area contributed by atoms with Gasteiger partial charge in [0.1, 0.15) is 10.5 Å². The first-order chi connectivity index (χ1) is 13.1. The fourth-order valence-electron chi connectivity index (χ4n) is 3.52. The van der Waals surface area contributed by atoms with Crippen LogP contribution in [0.2, 0.25) is 0 Å². The monoisotopic (exact) mass is 383 g/mol. The summed E-state index contributed by atoms with van der Waals surface area (Å²) in [6.07, 6.45) is 6.85. The van der Waals surface area contributed by atoms with Crippen LogP contribution >= 0.6 is 11.3 Å². The van der Waals surface area contributed by atoms with Crippen molar-refractivity contribution in [2.24, 2.45) is 0 Å². The molecule has 1 fully saturated rings. The number of nitrogens with zero attached hydrogens (tertiary/aromatic N) is 4. The van der Waals surface area contributed by atoms with Crippen molar-refractivity contribution in [3.63, 3.8) is 0 Å². The van der Waals surface area contributed by atoms with Gasteiger partial charge >= 0.3 is 0 Å². The standard InChI is InChI=1S/C19H21N5O2S/c1-13-21-18(24-26-13)19(8-4-2-5-9-19)23-16(25)11-14-12-27-17(22-14)15-7-3-6-10-20-15/h3,6-7,10,12H,2,4-5,8-9,11H2,1H3,(H,23,25). The number of aromatic nitrogens is 4. The number of hydrogen-bond donors (Lipinski definition) is 1. The number of carbonyl (C=O) groups excluding carboxylic acids is 1. The highest BCUT2D eigenvalue weighted by Gasteiger charge is 2.39. The lowest BCUT2D eigenvalue weighted by Gasteiger charge is -2.35. The van der Waals surface area contributed by atoms with Gasteiger partial charge in [-0.2, -0.15) is 4.98 Å². The van der Waals surface area contributed by atoms with Crippen molar-refractivity contribution < 1.29 is 9.32 Å².